The monoisotopic (exact) mass is 402 g/mol. The van der Waals surface area contributed by atoms with Gasteiger partial charge in [-0.2, -0.15) is 9.61 Å². The van der Waals surface area contributed by atoms with Crippen molar-refractivity contribution < 1.29 is 9.59 Å². The minimum atomic E-state index is -0.357. The third-order valence-electron chi connectivity index (χ3n) is 5.21. The van der Waals surface area contributed by atoms with Crippen LogP contribution in [0.4, 0.5) is 11.6 Å². The van der Waals surface area contributed by atoms with Gasteiger partial charge in [-0.3, -0.25) is 14.9 Å². The van der Waals surface area contributed by atoms with E-state index < -0.39 is 0 Å². The van der Waals surface area contributed by atoms with Gasteiger partial charge in [0, 0.05) is 29.8 Å². The standard InChI is InChI=1S/C22H22N6O2/c1-13-3-2-4-14(7-13)11-23-18-10-19(25-17-5-6-17)28-21(26-18)16(12-24-28)8-15-9-20(29)27-22(15)30/h2-4,7-8,10,12,17,25H,5-6,9,11H2,1H3,(H,23,26)(H,27,29,30). The first-order chi connectivity index (χ1) is 14.5. The molecule has 1 saturated carbocycles. The van der Waals surface area contributed by atoms with Crippen molar-refractivity contribution in [2.24, 2.45) is 0 Å². The van der Waals surface area contributed by atoms with E-state index in [-0.39, 0.29) is 18.2 Å². The number of rotatable bonds is 6. The third-order valence-corrected chi connectivity index (χ3v) is 5.21. The van der Waals surface area contributed by atoms with Gasteiger partial charge in [0.1, 0.15) is 11.6 Å². The number of aromatic nitrogens is 3. The predicted molar refractivity (Wildman–Crippen MR) is 114 cm³/mol. The van der Waals surface area contributed by atoms with Crippen molar-refractivity contribution in [3.05, 3.63) is 58.8 Å². The molecule has 2 fully saturated rings. The summed E-state index contributed by atoms with van der Waals surface area (Å²) in [5, 5.41) is 13.7. The number of fused-ring (bicyclic) bond motifs is 1. The number of amides is 2. The summed E-state index contributed by atoms with van der Waals surface area (Å²) in [5.41, 5.74) is 4.14. The summed E-state index contributed by atoms with van der Waals surface area (Å²) in [5.74, 6) is 0.932. The molecular weight excluding hydrogens is 380 g/mol. The Bertz CT molecular complexity index is 1190. The number of hydrogen-bond acceptors (Lipinski definition) is 6. The van der Waals surface area contributed by atoms with Crippen LogP contribution in [0.15, 0.2) is 42.1 Å². The quantitative estimate of drug-likeness (QED) is 0.433. The number of imide groups is 1. The van der Waals surface area contributed by atoms with Gasteiger partial charge < -0.3 is 10.6 Å². The van der Waals surface area contributed by atoms with Crippen molar-refractivity contribution in [3.8, 4) is 0 Å². The molecule has 1 aromatic carbocycles. The van der Waals surface area contributed by atoms with Crippen LogP contribution in [0, 0.1) is 6.92 Å². The molecule has 0 atom stereocenters. The van der Waals surface area contributed by atoms with E-state index in [1.54, 1.807) is 16.8 Å². The van der Waals surface area contributed by atoms with Crippen LogP contribution in [0.25, 0.3) is 11.7 Å². The Morgan fingerprint density at radius 2 is 2.13 bits per heavy atom. The Morgan fingerprint density at radius 1 is 1.27 bits per heavy atom. The number of nitrogens with zero attached hydrogens (tertiary/aromatic N) is 3. The van der Waals surface area contributed by atoms with E-state index in [9.17, 15) is 9.59 Å². The van der Waals surface area contributed by atoms with Gasteiger partial charge in [0.05, 0.1) is 12.6 Å². The first-order valence-electron chi connectivity index (χ1n) is 10.0. The Labute approximate surface area is 173 Å². The second kappa shape index (κ2) is 7.29. The van der Waals surface area contributed by atoms with Crippen molar-refractivity contribution in [1.29, 1.82) is 0 Å². The third kappa shape index (κ3) is 3.76. The van der Waals surface area contributed by atoms with Gasteiger partial charge in [-0.05, 0) is 31.4 Å². The highest BCUT2D eigenvalue weighted by Gasteiger charge is 2.25. The second-order valence-corrected chi connectivity index (χ2v) is 7.85. The second-order valence-electron chi connectivity index (χ2n) is 7.85. The molecule has 0 radical (unpaired) electrons. The zero-order chi connectivity index (χ0) is 20.7. The number of carbonyl (C=O) groups is 2. The van der Waals surface area contributed by atoms with Gasteiger partial charge in [-0.1, -0.05) is 29.8 Å². The summed E-state index contributed by atoms with van der Waals surface area (Å²) in [6.07, 6.45) is 5.72. The zero-order valence-corrected chi connectivity index (χ0v) is 16.6. The van der Waals surface area contributed by atoms with Gasteiger partial charge in [0.2, 0.25) is 5.91 Å². The topological polar surface area (TPSA) is 100 Å². The number of carbonyl (C=O) groups excluding carboxylic acids is 2. The van der Waals surface area contributed by atoms with Crippen molar-refractivity contribution in [2.75, 3.05) is 10.6 Å². The van der Waals surface area contributed by atoms with Crippen LogP contribution in [0.1, 0.15) is 36.0 Å². The number of hydrogen-bond donors (Lipinski definition) is 3. The molecule has 152 valence electrons. The summed E-state index contributed by atoms with van der Waals surface area (Å²) in [6, 6.07) is 10.7. The van der Waals surface area contributed by atoms with Crippen LogP contribution in [0.2, 0.25) is 0 Å². The summed E-state index contributed by atoms with van der Waals surface area (Å²) in [7, 11) is 0. The minimum Gasteiger partial charge on any atom is -0.367 e. The maximum absolute atomic E-state index is 11.9. The molecule has 8 nitrogen and oxygen atoms in total. The fourth-order valence-corrected chi connectivity index (χ4v) is 3.54. The molecule has 2 aromatic heterocycles. The van der Waals surface area contributed by atoms with E-state index in [1.807, 2.05) is 12.1 Å². The first kappa shape index (κ1) is 18.4. The number of anilines is 2. The zero-order valence-electron chi connectivity index (χ0n) is 16.6. The Hall–Kier alpha value is -3.68. The molecule has 3 N–H and O–H groups in total. The largest absolute Gasteiger partial charge is 0.367 e. The molecule has 3 aromatic rings. The van der Waals surface area contributed by atoms with Crippen LogP contribution < -0.4 is 16.0 Å². The number of benzene rings is 1. The molecule has 2 aliphatic rings. The van der Waals surface area contributed by atoms with E-state index in [0.29, 0.717) is 29.4 Å². The molecule has 5 rings (SSSR count). The van der Waals surface area contributed by atoms with Gasteiger partial charge in [0.25, 0.3) is 5.91 Å². The van der Waals surface area contributed by atoms with Crippen LogP contribution in [0.3, 0.4) is 0 Å². The molecule has 3 heterocycles. The van der Waals surface area contributed by atoms with Crippen molar-refractivity contribution >= 4 is 35.2 Å². The molecule has 8 heteroatoms. The van der Waals surface area contributed by atoms with E-state index >= 15 is 0 Å². The molecule has 1 saturated heterocycles. The smallest absolute Gasteiger partial charge is 0.254 e. The van der Waals surface area contributed by atoms with E-state index in [1.165, 1.54) is 11.1 Å². The van der Waals surface area contributed by atoms with Crippen LogP contribution in [0.5, 0.6) is 0 Å². The summed E-state index contributed by atoms with van der Waals surface area (Å²) >= 11 is 0. The lowest BCUT2D eigenvalue weighted by atomic mass is 10.1. The Balaban J connectivity index is 1.50. The average molecular weight is 402 g/mol. The van der Waals surface area contributed by atoms with Crippen molar-refractivity contribution in [1.82, 2.24) is 19.9 Å². The summed E-state index contributed by atoms with van der Waals surface area (Å²) < 4.78 is 1.75. The highest BCUT2D eigenvalue weighted by Crippen LogP contribution is 2.28. The molecule has 0 unspecified atom stereocenters. The first-order valence-corrected chi connectivity index (χ1v) is 10.0. The van der Waals surface area contributed by atoms with Crippen LogP contribution in [-0.4, -0.2) is 32.5 Å². The van der Waals surface area contributed by atoms with Crippen molar-refractivity contribution in [3.63, 3.8) is 0 Å². The maximum atomic E-state index is 11.9. The maximum Gasteiger partial charge on any atom is 0.254 e. The normalized spacial score (nSPS) is 17.6. The Kier molecular flexibility index (Phi) is 4.46. The average Bonchev–Trinajstić information content (AvgIpc) is 3.35. The lowest BCUT2D eigenvalue weighted by Gasteiger charge is -2.12. The van der Waals surface area contributed by atoms with Gasteiger partial charge in [-0.15, -0.1) is 0 Å². The van der Waals surface area contributed by atoms with E-state index in [0.717, 1.165) is 24.5 Å². The van der Waals surface area contributed by atoms with Crippen molar-refractivity contribution in [2.45, 2.75) is 38.8 Å². The predicted octanol–water partition coefficient (Wildman–Crippen LogP) is 2.65. The fourth-order valence-electron chi connectivity index (χ4n) is 3.54. The highest BCUT2D eigenvalue weighted by molar-refractivity contribution is 6.15. The van der Waals surface area contributed by atoms with Gasteiger partial charge in [0.15, 0.2) is 5.65 Å². The summed E-state index contributed by atoms with van der Waals surface area (Å²) in [6.45, 7) is 2.72. The molecular formula is C22H22N6O2. The molecule has 30 heavy (non-hydrogen) atoms. The van der Waals surface area contributed by atoms with Gasteiger partial charge >= 0.3 is 0 Å². The Morgan fingerprint density at radius 3 is 2.87 bits per heavy atom. The lowest BCUT2D eigenvalue weighted by Crippen LogP contribution is -2.19. The van der Waals surface area contributed by atoms with E-state index in [4.69, 9.17) is 4.98 Å². The highest BCUT2D eigenvalue weighted by atomic mass is 16.2. The minimum absolute atomic E-state index is 0.0780. The molecule has 2 amide bonds. The molecule has 1 aliphatic carbocycles. The lowest BCUT2D eigenvalue weighted by molar-refractivity contribution is -0.124. The summed E-state index contributed by atoms with van der Waals surface area (Å²) in [4.78, 5) is 28.2. The fraction of sp³-hybridized carbons (Fsp3) is 0.273. The SMILES string of the molecule is Cc1cccc(CNc2cc(NC3CC3)n3ncc(C=C4CC(=O)NC4=O)c3n2)c1. The molecule has 1 aliphatic heterocycles. The van der Waals surface area contributed by atoms with Crippen LogP contribution in [-0.2, 0) is 16.1 Å². The van der Waals surface area contributed by atoms with Gasteiger partial charge in [-0.25, -0.2) is 4.98 Å². The molecule has 0 bridgehead atoms. The number of nitrogens with one attached hydrogen (secondary N) is 3. The number of aryl methyl sites for hydroxylation is 1. The van der Waals surface area contributed by atoms with E-state index in [2.05, 4.69) is 46.2 Å². The van der Waals surface area contributed by atoms with Crippen LogP contribution >= 0.6 is 0 Å². The molecule has 0 spiro atoms.